The topological polar surface area (TPSA) is 51.9 Å². The number of nitrogens with zero attached hydrogens (tertiary/aromatic N) is 3. The fourth-order valence-electron chi connectivity index (χ4n) is 2.47. The standard InChI is InChI=1S/C15H21ClN4O/c1-10(2)12(13-5-6-18-20(13)4)8-17-15(21)14-7-11(16)9-19(14)3/h5-7,9-10,12H,8H2,1-4H3,(H,17,21)/t12-/m0/s1. The second-order valence-electron chi connectivity index (χ2n) is 5.59. The number of carbonyl (C=O) groups is 1. The largest absolute Gasteiger partial charge is 0.350 e. The molecule has 0 aliphatic heterocycles. The van der Waals surface area contributed by atoms with Gasteiger partial charge in [-0.25, -0.2) is 0 Å². The van der Waals surface area contributed by atoms with E-state index in [0.717, 1.165) is 5.69 Å². The normalized spacial score (nSPS) is 12.7. The number of carbonyl (C=O) groups excluding carboxylic acids is 1. The molecule has 1 N–H and O–H groups in total. The highest BCUT2D eigenvalue weighted by Crippen LogP contribution is 2.23. The van der Waals surface area contributed by atoms with Crippen LogP contribution in [0.1, 0.15) is 35.9 Å². The second-order valence-corrected chi connectivity index (χ2v) is 6.03. The molecular formula is C15H21ClN4O. The van der Waals surface area contributed by atoms with E-state index in [-0.39, 0.29) is 11.8 Å². The Morgan fingerprint density at radius 2 is 2.14 bits per heavy atom. The molecule has 0 aliphatic rings. The van der Waals surface area contributed by atoms with Crippen molar-refractivity contribution >= 4 is 17.5 Å². The van der Waals surface area contributed by atoms with E-state index in [9.17, 15) is 4.79 Å². The summed E-state index contributed by atoms with van der Waals surface area (Å²) in [6.07, 6.45) is 3.50. The Morgan fingerprint density at radius 1 is 1.43 bits per heavy atom. The van der Waals surface area contributed by atoms with Crippen molar-refractivity contribution in [2.45, 2.75) is 19.8 Å². The molecule has 0 aromatic carbocycles. The minimum absolute atomic E-state index is 0.114. The molecule has 0 saturated heterocycles. The molecule has 1 amide bonds. The molecule has 0 fully saturated rings. The van der Waals surface area contributed by atoms with Crippen molar-refractivity contribution < 1.29 is 4.79 Å². The van der Waals surface area contributed by atoms with E-state index < -0.39 is 0 Å². The van der Waals surface area contributed by atoms with Crippen LogP contribution in [-0.4, -0.2) is 26.8 Å². The van der Waals surface area contributed by atoms with Gasteiger partial charge in [0, 0.05) is 44.6 Å². The summed E-state index contributed by atoms with van der Waals surface area (Å²) in [5.41, 5.74) is 1.68. The molecule has 2 aromatic heterocycles. The van der Waals surface area contributed by atoms with E-state index in [0.29, 0.717) is 23.2 Å². The third-order valence-corrected chi connectivity index (χ3v) is 3.94. The molecular weight excluding hydrogens is 288 g/mol. The summed E-state index contributed by atoms with van der Waals surface area (Å²) in [6.45, 7) is 4.85. The molecule has 0 radical (unpaired) electrons. The van der Waals surface area contributed by atoms with Crippen molar-refractivity contribution in [3.63, 3.8) is 0 Å². The summed E-state index contributed by atoms with van der Waals surface area (Å²) in [7, 11) is 3.73. The van der Waals surface area contributed by atoms with Gasteiger partial charge in [0.05, 0.1) is 5.02 Å². The zero-order valence-electron chi connectivity index (χ0n) is 12.8. The Morgan fingerprint density at radius 3 is 2.62 bits per heavy atom. The van der Waals surface area contributed by atoms with Gasteiger partial charge in [-0.2, -0.15) is 5.10 Å². The van der Waals surface area contributed by atoms with Gasteiger partial charge in [0.2, 0.25) is 0 Å². The Bertz CT molecular complexity index is 629. The second kappa shape index (κ2) is 6.35. The van der Waals surface area contributed by atoms with Gasteiger partial charge in [-0.15, -0.1) is 0 Å². The highest BCUT2D eigenvalue weighted by Gasteiger charge is 2.20. The molecule has 0 spiro atoms. The van der Waals surface area contributed by atoms with E-state index in [1.165, 1.54) is 0 Å². The summed E-state index contributed by atoms with van der Waals surface area (Å²) >= 11 is 5.91. The summed E-state index contributed by atoms with van der Waals surface area (Å²) in [5, 5.41) is 7.76. The maximum absolute atomic E-state index is 12.2. The Kier molecular flexibility index (Phi) is 4.73. The molecule has 0 unspecified atom stereocenters. The fraction of sp³-hybridized carbons (Fsp3) is 0.467. The van der Waals surface area contributed by atoms with E-state index in [1.807, 2.05) is 24.8 Å². The third-order valence-electron chi connectivity index (χ3n) is 3.73. The molecule has 5 nitrogen and oxygen atoms in total. The van der Waals surface area contributed by atoms with Crippen LogP contribution in [0.25, 0.3) is 0 Å². The SMILES string of the molecule is CC(C)[C@H](CNC(=O)c1cc(Cl)cn1C)c1ccnn1C. The summed E-state index contributed by atoms with van der Waals surface area (Å²) in [6, 6.07) is 3.67. The monoisotopic (exact) mass is 308 g/mol. The summed E-state index contributed by atoms with van der Waals surface area (Å²) in [4.78, 5) is 12.2. The minimum Gasteiger partial charge on any atom is -0.350 e. The van der Waals surface area contributed by atoms with Crippen LogP contribution < -0.4 is 5.32 Å². The van der Waals surface area contributed by atoms with Gasteiger partial charge in [-0.05, 0) is 18.1 Å². The van der Waals surface area contributed by atoms with Gasteiger partial charge in [-0.3, -0.25) is 9.48 Å². The molecule has 1 atom stereocenters. The zero-order chi connectivity index (χ0) is 15.6. The molecule has 0 aliphatic carbocycles. The number of aromatic nitrogens is 3. The molecule has 114 valence electrons. The smallest absolute Gasteiger partial charge is 0.267 e. The van der Waals surface area contributed by atoms with Gasteiger partial charge in [-0.1, -0.05) is 25.4 Å². The van der Waals surface area contributed by atoms with E-state index in [2.05, 4.69) is 24.3 Å². The first-order chi connectivity index (χ1) is 9.90. The lowest BCUT2D eigenvalue weighted by molar-refractivity contribution is 0.0940. The number of nitrogens with one attached hydrogen (secondary N) is 1. The van der Waals surface area contributed by atoms with Crippen molar-refractivity contribution in [2.75, 3.05) is 6.54 Å². The lowest BCUT2D eigenvalue weighted by atomic mass is 9.92. The fourth-order valence-corrected chi connectivity index (χ4v) is 2.72. The molecule has 6 heteroatoms. The van der Waals surface area contributed by atoms with Gasteiger partial charge >= 0.3 is 0 Å². The zero-order valence-corrected chi connectivity index (χ0v) is 13.6. The highest BCUT2D eigenvalue weighted by molar-refractivity contribution is 6.31. The van der Waals surface area contributed by atoms with Crippen LogP contribution in [0.5, 0.6) is 0 Å². The first kappa shape index (κ1) is 15.6. The van der Waals surface area contributed by atoms with Crippen LogP contribution in [0.3, 0.4) is 0 Å². The van der Waals surface area contributed by atoms with E-state index >= 15 is 0 Å². The van der Waals surface area contributed by atoms with Crippen LogP contribution >= 0.6 is 11.6 Å². The van der Waals surface area contributed by atoms with Crippen molar-refractivity contribution in [1.82, 2.24) is 19.7 Å². The van der Waals surface area contributed by atoms with Crippen molar-refractivity contribution in [3.8, 4) is 0 Å². The van der Waals surface area contributed by atoms with Crippen LogP contribution in [0.4, 0.5) is 0 Å². The maximum Gasteiger partial charge on any atom is 0.267 e. The first-order valence-electron chi connectivity index (χ1n) is 6.98. The first-order valence-corrected chi connectivity index (χ1v) is 7.36. The van der Waals surface area contributed by atoms with Crippen LogP contribution in [0.2, 0.25) is 5.02 Å². The van der Waals surface area contributed by atoms with Crippen molar-refractivity contribution in [1.29, 1.82) is 0 Å². The lowest BCUT2D eigenvalue weighted by Crippen LogP contribution is -2.32. The number of rotatable bonds is 5. The number of hydrogen-bond acceptors (Lipinski definition) is 2. The van der Waals surface area contributed by atoms with Crippen LogP contribution in [-0.2, 0) is 14.1 Å². The predicted molar refractivity (Wildman–Crippen MR) is 83.5 cm³/mol. The van der Waals surface area contributed by atoms with E-state index in [4.69, 9.17) is 11.6 Å². The van der Waals surface area contributed by atoms with Crippen molar-refractivity contribution in [2.24, 2.45) is 20.0 Å². The van der Waals surface area contributed by atoms with Crippen LogP contribution in [0.15, 0.2) is 24.5 Å². The molecule has 0 bridgehead atoms. The average Bonchev–Trinajstić information content (AvgIpc) is 2.95. The highest BCUT2D eigenvalue weighted by atomic mass is 35.5. The molecule has 0 saturated carbocycles. The number of hydrogen-bond donors (Lipinski definition) is 1. The Hall–Kier alpha value is -1.75. The lowest BCUT2D eigenvalue weighted by Gasteiger charge is -2.21. The molecule has 2 heterocycles. The van der Waals surface area contributed by atoms with Gasteiger partial charge < -0.3 is 9.88 Å². The quantitative estimate of drug-likeness (QED) is 0.923. The predicted octanol–water partition coefficient (Wildman–Crippen LogP) is 2.58. The molecule has 2 aromatic rings. The minimum atomic E-state index is -0.114. The van der Waals surface area contributed by atoms with Gasteiger partial charge in [0.1, 0.15) is 5.69 Å². The Balaban J connectivity index is 2.08. The molecule has 21 heavy (non-hydrogen) atoms. The van der Waals surface area contributed by atoms with Crippen LogP contribution in [0, 0.1) is 5.92 Å². The van der Waals surface area contributed by atoms with E-state index in [1.54, 1.807) is 23.0 Å². The number of halogens is 1. The Labute approximate surface area is 129 Å². The van der Waals surface area contributed by atoms with Gasteiger partial charge in [0.15, 0.2) is 0 Å². The number of aryl methyl sites for hydroxylation is 2. The third kappa shape index (κ3) is 3.47. The van der Waals surface area contributed by atoms with Crippen molar-refractivity contribution in [3.05, 3.63) is 40.9 Å². The molecule has 2 rings (SSSR count). The summed E-state index contributed by atoms with van der Waals surface area (Å²) in [5.74, 6) is 0.507. The summed E-state index contributed by atoms with van der Waals surface area (Å²) < 4.78 is 3.59. The maximum atomic E-state index is 12.2. The number of amides is 1. The van der Waals surface area contributed by atoms with Gasteiger partial charge in [0.25, 0.3) is 5.91 Å². The average molecular weight is 309 g/mol.